The van der Waals surface area contributed by atoms with Crippen LogP contribution in [0.3, 0.4) is 0 Å². The van der Waals surface area contributed by atoms with Crippen molar-refractivity contribution in [1.82, 2.24) is 0 Å². The second-order valence-electron chi connectivity index (χ2n) is 9.82. The van der Waals surface area contributed by atoms with Gasteiger partial charge in [0.1, 0.15) is 11.5 Å². The summed E-state index contributed by atoms with van der Waals surface area (Å²) in [6, 6.07) is 7.92. The molecule has 4 heteroatoms. The van der Waals surface area contributed by atoms with E-state index in [0.29, 0.717) is 17.9 Å². The number of hydrogen-bond acceptors (Lipinski definition) is 3. The summed E-state index contributed by atoms with van der Waals surface area (Å²) in [5.74, 6) is -0.213. The van der Waals surface area contributed by atoms with E-state index >= 15 is 0 Å². The van der Waals surface area contributed by atoms with E-state index in [-0.39, 0.29) is 10.8 Å². The van der Waals surface area contributed by atoms with E-state index in [4.69, 9.17) is 9.90 Å². The average Bonchev–Trinajstić information content (AvgIpc) is 2.48. The van der Waals surface area contributed by atoms with Crippen molar-refractivity contribution in [1.29, 1.82) is 0 Å². The summed E-state index contributed by atoms with van der Waals surface area (Å²) in [5.41, 5.74) is 6.01. The highest BCUT2D eigenvalue weighted by molar-refractivity contribution is 5.63. The van der Waals surface area contributed by atoms with Gasteiger partial charge in [-0.15, -0.1) is 0 Å². The second kappa shape index (κ2) is 8.89. The summed E-state index contributed by atoms with van der Waals surface area (Å²) in [5, 5.41) is 28.7. The fourth-order valence-electron chi connectivity index (χ4n) is 3.48. The molecule has 160 valence electrons. The molecular formula is C25H36O4. The predicted octanol–water partition coefficient (Wildman–Crippen LogP) is 5.99. The lowest BCUT2D eigenvalue weighted by Gasteiger charge is -2.28. The number of benzene rings is 2. The Labute approximate surface area is 175 Å². The molecule has 0 saturated carbocycles. The molecule has 2 rings (SSSR count). The van der Waals surface area contributed by atoms with Crippen LogP contribution in [0.1, 0.15) is 81.8 Å². The van der Waals surface area contributed by atoms with Crippen LogP contribution in [-0.4, -0.2) is 21.3 Å². The zero-order valence-corrected chi connectivity index (χ0v) is 19.3. The number of carboxylic acids is 1. The van der Waals surface area contributed by atoms with E-state index in [1.54, 1.807) is 0 Å². The predicted molar refractivity (Wildman–Crippen MR) is 119 cm³/mol. The van der Waals surface area contributed by atoms with Crippen LogP contribution in [0.4, 0.5) is 0 Å². The largest absolute Gasteiger partial charge is 0.508 e. The molecule has 2 aromatic carbocycles. The highest BCUT2D eigenvalue weighted by Crippen LogP contribution is 2.39. The number of aryl methyl sites for hydroxylation is 2. The SMILES string of the molecule is CC(=O)O.Cc1cc(O)c(Cc2c(O)cc(C)cc2C(C)(C)C)c(C(C)(C)C)c1. The Balaban J connectivity index is 0.000000960. The van der Waals surface area contributed by atoms with Gasteiger partial charge in [0.2, 0.25) is 0 Å². The number of rotatable bonds is 2. The Morgan fingerprint density at radius 2 is 1.03 bits per heavy atom. The maximum atomic E-state index is 10.7. The monoisotopic (exact) mass is 400 g/mol. The number of hydrogen-bond donors (Lipinski definition) is 3. The number of aromatic hydroxyl groups is 2. The Morgan fingerprint density at radius 1 is 0.759 bits per heavy atom. The summed E-state index contributed by atoms with van der Waals surface area (Å²) < 4.78 is 0. The summed E-state index contributed by atoms with van der Waals surface area (Å²) in [7, 11) is 0. The molecule has 0 aliphatic carbocycles. The van der Waals surface area contributed by atoms with E-state index < -0.39 is 5.97 Å². The fourth-order valence-corrected chi connectivity index (χ4v) is 3.48. The van der Waals surface area contributed by atoms with E-state index in [1.807, 2.05) is 26.0 Å². The fraction of sp³-hybridized carbons (Fsp3) is 0.480. The van der Waals surface area contributed by atoms with E-state index in [9.17, 15) is 10.2 Å². The molecule has 0 spiro atoms. The second-order valence-corrected chi connectivity index (χ2v) is 9.82. The summed E-state index contributed by atoms with van der Waals surface area (Å²) in [4.78, 5) is 9.00. The lowest BCUT2D eigenvalue weighted by atomic mass is 9.77. The van der Waals surface area contributed by atoms with Crippen LogP contribution in [0.15, 0.2) is 24.3 Å². The maximum Gasteiger partial charge on any atom is 0.300 e. The van der Waals surface area contributed by atoms with Crippen LogP contribution in [0, 0.1) is 13.8 Å². The number of phenols is 2. The van der Waals surface area contributed by atoms with Gasteiger partial charge in [0.25, 0.3) is 5.97 Å². The van der Waals surface area contributed by atoms with Crippen molar-refractivity contribution in [3.05, 3.63) is 57.6 Å². The molecule has 0 atom stereocenters. The van der Waals surface area contributed by atoms with Crippen molar-refractivity contribution < 1.29 is 20.1 Å². The van der Waals surface area contributed by atoms with Crippen molar-refractivity contribution in [2.45, 2.75) is 79.6 Å². The first-order chi connectivity index (χ1) is 13.0. The molecule has 0 aromatic heterocycles. The van der Waals surface area contributed by atoms with Gasteiger partial charge in [-0.3, -0.25) is 4.79 Å². The third-order valence-corrected chi connectivity index (χ3v) is 4.71. The average molecular weight is 401 g/mol. The zero-order valence-electron chi connectivity index (χ0n) is 19.3. The number of aliphatic carboxylic acids is 1. The van der Waals surface area contributed by atoms with Crippen LogP contribution in [0.5, 0.6) is 11.5 Å². The molecule has 0 unspecified atom stereocenters. The minimum Gasteiger partial charge on any atom is -0.508 e. The molecule has 0 radical (unpaired) electrons. The molecular weight excluding hydrogens is 364 g/mol. The van der Waals surface area contributed by atoms with Gasteiger partial charge in [-0.2, -0.15) is 0 Å². The summed E-state index contributed by atoms with van der Waals surface area (Å²) in [6.07, 6.45) is 0.525. The van der Waals surface area contributed by atoms with E-state index in [2.05, 4.69) is 53.7 Å². The standard InChI is InChI=1S/C23H32O2.C2H4O2/c1-14-9-18(22(3,4)5)16(20(24)11-14)13-17-19(23(6,7)8)10-15(2)12-21(17)25;1-2(3)4/h9-12,24-25H,13H2,1-8H3;1H3,(H,3,4). The molecule has 0 heterocycles. The van der Waals surface area contributed by atoms with Crippen LogP contribution in [-0.2, 0) is 22.0 Å². The Kier molecular flexibility index (Phi) is 7.53. The quantitative estimate of drug-likeness (QED) is 0.578. The van der Waals surface area contributed by atoms with Gasteiger partial charge in [0.15, 0.2) is 0 Å². The van der Waals surface area contributed by atoms with E-state index in [0.717, 1.165) is 40.3 Å². The third-order valence-electron chi connectivity index (χ3n) is 4.71. The molecule has 0 aliphatic heterocycles. The van der Waals surface area contributed by atoms with Gasteiger partial charge in [-0.1, -0.05) is 53.7 Å². The molecule has 2 aromatic rings. The Bertz CT molecular complexity index is 810. The minimum absolute atomic E-state index is 0.0823. The minimum atomic E-state index is -0.833. The summed E-state index contributed by atoms with van der Waals surface area (Å²) >= 11 is 0. The molecule has 0 fully saturated rings. The first-order valence-electron chi connectivity index (χ1n) is 9.89. The first-order valence-corrected chi connectivity index (χ1v) is 9.89. The van der Waals surface area contributed by atoms with Crippen LogP contribution in [0.2, 0.25) is 0 Å². The molecule has 0 bridgehead atoms. The lowest BCUT2D eigenvalue weighted by Crippen LogP contribution is -2.18. The highest BCUT2D eigenvalue weighted by Gasteiger charge is 2.25. The normalized spacial score (nSPS) is 11.6. The van der Waals surface area contributed by atoms with Gasteiger partial charge in [0, 0.05) is 24.5 Å². The third kappa shape index (κ3) is 6.81. The van der Waals surface area contributed by atoms with Gasteiger partial charge in [-0.05, 0) is 59.1 Å². The van der Waals surface area contributed by atoms with Crippen molar-refractivity contribution in [3.63, 3.8) is 0 Å². The van der Waals surface area contributed by atoms with Gasteiger partial charge < -0.3 is 15.3 Å². The van der Waals surface area contributed by atoms with Crippen LogP contribution < -0.4 is 0 Å². The molecule has 3 N–H and O–H groups in total. The van der Waals surface area contributed by atoms with Gasteiger partial charge in [-0.25, -0.2) is 0 Å². The molecule has 0 saturated heterocycles. The maximum absolute atomic E-state index is 10.7. The summed E-state index contributed by atoms with van der Waals surface area (Å²) in [6.45, 7) is 18.0. The van der Waals surface area contributed by atoms with Crippen LogP contribution in [0.25, 0.3) is 0 Å². The van der Waals surface area contributed by atoms with Crippen molar-refractivity contribution in [2.75, 3.05) is 0 Å². The van der Waals surface area contributed by atoms with Crippen LogP contribution >= 0.6 is 0 Å². The molecule has 29 heavy (non-hydrogen) atoms. The molecule has 0 aliphatic rings. The molecule has 4 nitrogen and oxygen atoms in total. The van der Waals surface area contributed by atoms with Gasteiger partial charge in [0.05, 0.1) is 0 Å². The smallest absolute Gasteiger partial charge is 0.300 e. The van der Waals surface area contributed by atoms with E-state index in [1.165, 1.54) is 0 Å². The van der Waals surface area contributed by atoms with Gasteiger partial charge >= 0.3 is 0 Å². The Morgan fingerprint density at radius 3 is 1.28 bits per heavy atom. The molecule has 0 amide bonds. The first kappa shape index (κ1) is 24.5. The van der Waals surface area contributed by atoms with Crippen molar-refractivity contribution in [2.24, 2.45) is 0 Å². The highest BCUT2D eigenvalue weighted by atomic mass is 16.4. The zero-order chi connectivity index (χ0) is 22.7. The topological polar surface area (TPSA) is 77.8 Å². The number of carboxylic acid groups (broad SMARTS) is 1. The number of phenolic OH excluding ortho intramolecular Hbond substituents is 2. The van der Waals surface area contributed by atoms with Crippen molar-refractivity contribution in [3.8, 4) is 11.5 Å². The van der Waals surface area contributed by atoms with Crippen molar-refractivity contribution >= 4 is 5.97 Å². The lowest BCUT2D eigenvalue weighted by molar-refractivity contribution is -0.134. The Hall–Kier alpha value is -2.49. The number of carbonyl (C=O) groups is 1.